The van der Waals surface area contributed by atoms with E-state index in [0.29, 0.717) is 16.5 Å². The third kappa shape index (κ3) is 4.68. The molecule has 110 valence electrons. The molecule has 0 aromatic heterocycles. The predicted octanol–water partition coefficient (Wildman–Crippen LogP) is 3.64. The van der Waals surface area contributed by atoms with Crippen LogP contribution in [0.1, 0.15) is 12.0 Å². The Labute approximate surface area is 128 Å². The van der Waals surface area contributed by atoms with Crippen molar-refractivity contribution < 1.29 is 9.53 Å². The maximum Gasteiger partial charge on any atom is 0.227 e. The molecule has 0 fully saturated rings. The number of amides is 1. The van der Waals surface area contributed by atoms with Gasteiger partial charge in [0.05, 0.1) is 13.0 Å². The molecule has 2 aromatic rings. The molecule has 3 N–H and O–H groups in total. The van der Waals surface area contributed by atoms with Gasteiger partial charge in [-0.3, -0.25) is 4.79 Å². The molecule has 1 amide bonds. The quantitative estimate of drug-likeness (QED) is 0.829. The zero-order valence-corrected chi connectivity index (χ0v) is 12.5. The normalized spacial score (nSPS) is 10.2. The highest BCUT2D eigenvalue weighted by Crippen LogP contribution is 2.20. The fourth-order valence-corrected chi connectivity index (χ4v) is 1.98. The summed E-state index contributed by atoms with van der Waals surface area (Å²) in [6.45, 7) is 2.20. The maximum absolute atomic E-state index is 11.9. The van der Waals surface area contributed by atoms with E-state index in [4.69, 9.17) is 22.1 Å². The van der Waals surface area contributed by atoms with Crippen molar-refractivity contribution in [3.05, 3.63) is 53.1 Å². The van der Waals surface area contributed by atoms with Crippen LogP contribution in [-0.4, -0.2) is 12.5 Å². The van der Waals surface area contributed by atoms with Gasteiger partial charge in [0.25, 0.3) is 0 Å². The van der Waals surface area contributed by atoms with Gasteiger partial charge in [0.15, 0.2) is 0 Å². The largest absolute Gasteiger partial charge is 0.493 e. The molecule has 0 aliphatic rings. The van der Waals surface area contributed by atoms with Crippen molar-refractivity contribution >= 4 is 28.9 Å². The molecule has 5 heteroatoms. The number of rotatable bonds is 5. The number of nitrogen functional groups attached to an aromatic ring is 1. The van der Waals surface area contributed by atoms with E-state index in [0.717, 1.165) is 11.3 Å². The molecule has 4 nitrogen and oxygen atoms in total. The van der Waals surface area contributed by atoms with Crippen molar-refractivity contribution in [1.29, 1.82) is 0 Å². The average Bonchev–Trinajstić information content (AvgIpc) is 2.43. The van der Waals surface area contributed by atoms with Gasteiger partial charge in [0, 0.05) is 22.5 Å². The Morgan fingerprint density at radius 1 is 1.29 bits per heavy atom. The van der Waals surface area contributed by atoms with Gasteiger partial charge in [-0.05, 0) is 36.8 Å². The van der Waals surface area contributed by atoms with E-state index >= 15 is 0 Å². The summed E-state index contributed by atoms with van der Waals surface area (Å²) >= 11 is 5.91. The van der Waals surface area contributed by atoms with Crippen LogP contribution in [0.4, 0.5) is 11.4 Å². The Hall–Kier alpha value is -2.20. The van der Waals surface area contributed by atoms with Crippen molar-refractivity contribution in [2.45, 2.75) is 13.3 Å². The Bertz CT molecular complexity index is 644. The minimum Gasteiger partial charge on any atom is -0.493 e. The van der Waals surface area contributed by atoms with E-state index in [9.17, 15) is 4.79 Å². The number of halogens is 1. The molecule has 0 radical (unpaired) electrons. The summed E-state index contributed by atoms with van der Waals surface area (Å²) in [6, 6.07) is 12.5. The third-order valence-corrected chi connectivity index (χ3v) is 3.16. The van der Waals surface area contributed by atoms with Crippen LogP contribution < -0.4 is 15.8 Å². The lowest BCUT2D eigenvalue weighted by atomic mass is 10.2. The minimum absolute atomic E-state index is 0.121. The van der Waals surface area contributed by atoms with Crippen LogP contribution in [0.5, 0.6) is 5.75 Å². The lowest BCUT2D eigenvalue weighted by Crippen LogP contribution is -2.15. The fourth-order valence-electron chi connectivity index (χ4n) is 1.81. The molecule has 0 spiro atoms. The SMILES string of the molecule is Cc1ccc(Cl)cc1NC(=O)CCOc1cccc(N)c1. The number of benzene rings is 2. The molecule has 21 heavy (non-hydrogen) atoms. The van der Waals surface area contributed by atoms with Crippen molar-refractivity contribution in [2.24, 2.45) is 0 Å². The van der Waals surface area contributed by atoms with E-state index in [2.05, 4.69) is 5.32 Å². The number of carbonyl (C=O) groups excluding carboxylic acids is 1. The third-order valence-electron chi connectivity index (χ3n) is 2.93. The zero-order chi connectivity index (χ0) is 15.2. The first-order chi connectivity index (χ1) is 10.0. The molecule has 0 aliphatic carbocycles. The summed E-state index contributed by atoms with van der Waals surface area (Å²) in [7, 11) is 0. The summed E-state index contributed by atoms with van der Waals surface area (Å²) in [5.41, 5.74) is 7.96. The summed E-state index contributed by atoms with van der Waals surface area (Å²) < 4.78 is 5.48. The highest BCUT2D eigenvalue weighted by atomic mass is 35.5. The van der Waals surface area contributed by atoms with E-state index in [-0.39, 0.29) is 18.9 Å². The van der Waals surface area contributed by atoms with Gasteiger partial charge >= 0.3 is 0 Å². The number of aryl methyl sites for hydroxylation is 1. The van der Waals surface area contributed by atoms with Crippen LogP contribution in [0.15, 0.2) is 42.5 Å². The summed E-state index contributed by atoms with van der Waals surface area (Å²) in [6.07, 6.45) is 0.251. The van der Waals surface area contributed by atoms with Crippen LogP contribution in [0.2, 0.25) is 5.02 Å². The number of ether oxygens (including phenoxy) is 1. The van der Waals surface area contributed by atoms with E-state index in [1.165, 1.54) is 0 Å². The monoisotopic (exact) mass is 304 g/mol. The van der Waals surface area contributed by atoms with Gasteiger partial charge in [0.1, 0.15) is 5.75 Å². The summed E-state index contributed by atoms with van der Waals surface area (Å²) in [5.74, 6) is 0.533. The van der Waals surface area contributed by atoms with Gasteiger partial charge in [-0.15, -0.1) is 0 Å². The Balaban J connectivity index is 1.84. The number of hydrogen-bond acceptors (Lipinski definition) is 3. The number of nitrogens with one attached hydrogen (secondary N) is 1. The maximum atomic E-state index is 11.9. The average molecular weight is 305 g/mol. The Kier molecular flexibility index (Phi) is 5.06. The highest BCUT2D eigenvalue weighted by Gasteiger charge is 2.06. The summed E-state index contributed by atoms with van der Waals surface area (Å²) in [5, 5.41) is 3.41. The Morgan fingerprint density at radius 3 is 2.86 bits per heavy atom. The minimum atomic E-state index is -0.121. The van der Waals surface area contributed by atoms with E-state index < -0.39 is 0 Å². The zero-order valence-electron chi connectivity index (χ0n) is 11.7. The van der Waals surface area contributed by atoms with E-state index in [1.807, 2.05) is 13.0 Å². The van der Waals surface area contributed by atoms with Crippen molar-refractivity contribution in [3.63, 3.8) is 0 Å². The van der Waals surface area contributed by atoms with Gasteiger partial charge in [-0.25, -0.2) is 0 Å². The molecule has 2 aromatic carbocycles. The molecule has 0 saturated heterocycles. The van der Waals surface area contributed by atoms with Crippen molar-refractivity contribution in [1.82, 2.24) is 0 Å². The van der Waals surface area contributed by atoms with Crippen LogP contribution in [0, 0.1) is 6.92 Å². The molecule has 2 rings (SSSR count). The first-order valence-electron chi connectivity index (χ1n) is 6.59. The molecule has 0 saturated carbocycles. The second-order valence-electron chi connectivity index (χ2n) is 4.68. The number of nitrogens with two attached hydrogens (primary N) is 1. The molecule has 0 heterocycles. The lowest BCUT2D eigenvalue weighted by molar-refractivity contribution is -0.116. The van der Waals surface area contributed by atoms with Gasteiger partial charge in [0.2, 0.25) is 5.91 Å². The molecule has 0 aliphatic heterocycles. The topological polar surface area (TPSA) is 64.3 Å². The molecule has 0 bridgehead atoms. The first-order valence-corrected chi connectivity index (χ1v) is 6.97. The van der Waals surface area contributed by atoms with Gasteiger partial charge in [-0.2, -0.15) is 0 Å². The number of anilines is 2. The Morgan fingerprint density at radius 2 is 2.10 bits per heavy atom. The van der Waals surface area contributed by atoms with Crippen molar-refractivity contribution in [3.8, 4) is 5.75 Å². The smallest absolute Gasteiger partial charge is 0.227 e. The van der Waals surface area contributed by atoms with Crippen LogP contribution in [-0.2, 0) is 4.79 Å². The second kappa shape index (κ2) is 6.99. The second-order valence-corrected chi connectivity index (χ2v) is 5.11. The first kappa shape index (κ1) is 15.2. The molecule has 0 atom stereocenters. The van der Waals surface area contributed by atoms with Crippen LogP contribution in [0.25, 0.3) is 0 Å². The molecular formula is C16H17ClN2O2. The lowest BCUT2D eigenvalue weighted by Gasteiger charge is -2.10. The summed E-state index contributed by atoms with van der Waals surface area (Å²) in [4.78, 5) is 11.9. The number of carbonyl (C=O) groups is 1. The molecular weight excluding hydrogens is 288 g/mol. The van der Waals surface area contributed by atoms with Gasteiger partial charge < -0.3 is 15.8 Å². The fraction of sp³-hybridized carbons (Fsp3) is 0.188. The standard InChI is InChI=1S/C16H17ClN2O2/c1-11-5-6-12(17)9-15(11)19-16(20)7-8-21-14-4-2-3-13(18)10-14/h2-6,9-10H,7-8,18H2,1H3,(H,19,20). The highest BCUT2D eigenvalue weighted by molar-refractivity contribution is 6.31. The van der Waals surface area contributed by atoms with Crippen LogP contribution in [0.3, 0.4) is 0 Å². The predicted molar refractivity (Wildman–Crippen MR) is 85.8 cm³/mol. The van der Waals surface area contributed by atoms with Crippen molar-refractivity contribution in [2.75, 3.05) is 17.7 Å². The molecule has 0 unspecified atom stereocenters. The van der Waals surface area contributed by atoms with Gasteiger partial charge in [-0.1, -0.05) is 23.7 Å². The van der Waals surface area contributed by atoms with Crippen LogP contribution >= 0.6 is 11.6 Å². The number of hydrogen-bond donors (Lipinski definition) is 2. The van der Waals surface area contributed by atoms with E-state index in [1.54, 1.807) is 36.4 Å².